The van der Waals surface area contributed by atoms with Crippen LogP contribution in [0.5, 0.6) is 0 Å². The van der Waals surface area contributed by atoms with E-state index in [0.29, 0.717) is 5.69 Å². The number of rotatable bonds is 3. The molecule has 3 aromatic rings. The van der Waals surface area contributed by atoms with Gasteiger partial charge in [-0.1, -0.05) is 23.7 Å². The molecule has 0 aliphatic carbocycles. The third-order valence-corrected chi connectivity index (χ3v) is 3.03. The molecule has 0 unspecified atom stereocenters. The zero-order valence-electron chi connectivity index (χ0n) is 10.9. The summed E-state index contributed by atoms with van der Waals surface area (Å²) in [5.74, 6) is -0.310. The normalized spacial score (nSPS) is 10.3. The Morgan fingerprint density at radius 1 is 1.14 bits per heavy atom. The van der Waals surface area contributed by atoms with Crippen molar-refractivity contribution >= 4 is 23.2 Å². The summed E-state index contributed by atoms with van der Waals surface area (Å²) in [5, 5.41) is 7.22. The van der Waals surface area contributed by atoms with Crippen molar-refractivity contribution in [2.24, 2.45) is 0 Å². The molecule has 3 rings (SSSR count). The highest BCUT2D eigenvalue weighted by atomic mass is 35.5. The average Bonchev–Trinajstić information content (AvgIpc) is 3.02. The predicted octanol–water partition coefficient (Wildman–Crippen LogP) is 3.17. The van der Waals surface area contributed by atoms with Crippen LogP contribution in [0.4, 0.5) is 5.69 Å². The minimum atomic E-state index is -0.310. The zero-order chi connectivity index (χ0) is 14.7. The third kappa shape index (κ3) is 3.09. The molecule has 0 bridgehead atoms. The van der Waals surface area contributed by atoms with Crippen molar-refractivity contribution in [1.82, 2.24) is 14.8 Å². The van der Waals surface area contributed by atoms with Crippen molar-refractivity contribution in [3.63, 3.8) is 0 Å². The van der Waals surface area contributed by atoms with Crippen LogP contribution in [-0.2, 0) is 0 Å². The second-order valence-corrected chi connectivity index (χ2v) is 4.69. The second-order valence-electron chi connectivity index (χ2n) is 4.30. The van der Waals surface area contributed by atoms with E-state index in [2.05, 4.69) is 15.4 Å². The van der Waals surface area contributed by atoms with Crippen molar-refractivity contribution < 1.29 is 4.79 Å². The Balaban J connectivity index is 1.82. The summed E-state index contributed by atoms with van der Waals surface area (Å²) < 4.78 is 1.72. The van der Waals surface area contributed by atoms with Gasteiger partial charge in [0.1, 0.15) is 10.8 Å². The molecular weight excluding hydrogens is 288 g/mol. The first-order valence-electron chi connectivity index (χ1n) is 6.26. The van der Waals surface area contributed by atoms with Crippen LogP contribution in [0.1, 0.15) is 10.5 Å². The van der Waals surface area contributed by atoms with E-state index >= 15 is 0 Å². The maximum atomic E-state index is 12.1. The molecule has 0 spiro atoms. The van der Waals surface area contributed by atoms with Gasteiger partial charge in [-0.05, 0) is 36.4 Å². The lowest BCUT2D eigenvalue weighted by Gasteiger charge is -2.07. The molecule has 1 N–H and O–H groups in total. The van der Waals surface area contributed by atoms with Gasteiger partial charge in [0.2, 0.25) is 0 Å². The van der Waals surface area contributed by atoms with Crippen molar-refractivity contribution in [1.29, 1.82) is 0 Å². The molecule has 0 aliphatic rings. The van der Waals surface area contributed by atoms with Crippen LogP contribution in [0.15, 0.2) is 60.9 Å². The van der Waals surface area contributed by atoms with E-state index in [4.69, 9.17) is 11.6 Å². The van der Waals surface area contributed by atoms with Gasteiger partial charge in [0.05, 0.1) is 5.69 Å². The fourth-order valence-corrected chi connectivity index (χ4v) is 2.04. The van der Waals surface area contributed by atoms with Gasteiger partial charge < -0.3 is 5.32 Å². The summed E-state index contributed by atoms with van der Waals surface area (Å²) >= 11 is 5.78. The minimum absolute atomic E-state index is 0.270. The lowest BCUT2D eigenvalue weighted by Crippen LogP contribution is -2.13. The first-order chi connectivity index (χ1) is 10.2. The molecule has 0 radical (unpaired) electrons. The van der Waals surface area contributed by atoms with Crippen LogP contribution in [0.25, 0.3) is 5.69 Å². The lowest BCUT2D eigenvalue weighted by molar-refractivity contribution is 0.102. The largest absolute Gasteiger partial charge is 0.321 e. The number of nitrogens with zero attached hydrogens (tertiary/aromatic N) is 3. The van der Waals surface area contributed by atoms with Gasteiger partial charge in [-0.25, -0.2) is 9.67 Å². The van der Waals surface area contributed by atoms with E-state index in [9.17, 15) is 4.79 Å². The summed E-state index contributed by atoms with van der Waals surface area (Å²) in [6, 6.07) is 14.1. The van der Waals surface area contributed by atoms with Gasteiger partial charge in [0.25, 0.3) is 5.91 Å². The summed E-state index contributed by atoms with van der Waals surface area (Å²) in [5.41, 5.74) is 1.79. The molecule has 6 heteroatoms. The number of hydrogen-bond donors (Lipinski definition) is 1. The highest BCUT2D eigenvalue weighted by Crippen LogP contribution is 2.15. The Bertz CT molecular complexity index is 771. The molecule has 2 heterocycles. The Morgan fingerprint density at radius 2 is 2.00 bits per heavy atom. The molecule has 0 saturated carbocycles. The van der Waals surface area contributed by atoms with E-state index in [1.807, 2.05) is 30.5 Å². The average molecular weight is 299 g/mol. The first kappa shape index (κ1) is 13.3. The highest BCUT2D eigenvalue weighted by molar-refractivity contribution is 6.29. The van der Waals surface area contributed by atoms with Gasteiger partial charge in [0.15, 0.2) is 0 Å². The van der Waals surface area contributed by atoms with Crippen LogP contribution in [0.2, 0.25) is 5.15 Å². The van der Waals surface area contributed by atoms with Crippen molar-refractivity contribution in [3.8, 4) is 5.69 Å². The Labute approximate surface area is 126 Å². The number of anilines is 1. The van der Waals surface area contributed by atoms with E-state index in [0.717, 1.165) is 5.69 Å². The summed E-state index contributed by atoms with van der Waals surface area (Å²) in [7, 11) is 0. The number of carbonyl (C=O) groups excluding carboxylic acids is 1. The summed E-state index contributed by atoms with van der Waals surface area (Å²) in [6.07, 6.45) is 3.53. The number of aromatic nitrogens is 3. The molecule has 2 aromatic heterocycles. The molecule has 1 aromatic carbocycles. The van der Waals surface area contributed by atoms with Crippen LogP contribution in [-0.4, -0.2) is 20.7 Å². The van der Waals surface area contributed by atoms with Crippen LogP contribution in [0, 0.1) is 0 Å². The van der Waals surface area contributed by atoms with Crippen molar-refractivity contribution in [3.05, 3.63) is 71.8 Å². The molecule has 0 atom stereocenters. The van der Waals surface area contributed by atoms with E-state index in [-0.39, 0.29) is 16.8 Å². The number of pyridine rings is 1. The Morgan fingerprint density at radius 3 is 2.76 bits per heavy atom. The van der Waals surface area contributed by atoms with E-state index in [1.54, 1.807) is 35.1 Å². The molecule has 21 heavy (non-hydrogen) atoms. The number of halogens is 1. The molecule has 104 valence electrons. The molecule has 5 nitrogen and oxygen atoms in total. The number of nitrogens with one attached hydrogen (secondary N) is 1. The second kappa shape index (κ2) is 5.76. The maximum Gasteiger partial charge on any atom is 0.274 e. The van der Waals surface area contributed by atoms with Gasteiger partial charge in [0, 0.05) is 18.1 Å². The predicted molar refractivity (Wildman–Crippen MR) is 80.8 cm³/mol. The molecule has 0 aliphatic heterocycles. The third-order valence-electron chi connectivity index (χ3n) is 2.82. The monoisotopic (exact) mass is 298 g/mol. The minimum Gasteiger partial charge on any atom is -0.321 e. The van der Waals surface area contributed by atoms with E-state index in [1.165, 1.54) is 0 Å². The van der Waals surface area contributed by atoms with Gasteiger partial charge in [-0.2, -0.15) is 5.10 Å². The molecule has 1 amide bonds. The number of benzene rings is 1. The van der Waals surface area contributed by atoms with Gasteiger partial charge in [-0.15, -0.1) is 0 Å². The topological polar surface area (TPSA) is 59.8 Å². The van der Waals surface area contributed by atoms with Crippen LogP contribution >= 0.6 is 11.6 Å². The first-order valence-corrected chi connectivity index (χ1v) is 6.64. The molecule has 0 saturated heterocycles. The van der Waals surface area contributed by atoms with Gasteiger partial charge >= 0.3 is 0 Å². The van der Waals surface area contributed by atoms with Crippen LogP contribution < -0.4 is 5.32 Å². The smallest absolute Gasteiger partial charge is 0.274 e. The lowest BCUT2D eigenvalue weighted by atomic mass is 10.2. The zero-order valence-corrected chi connectivity index (χ0v) is 11.7. The Hall–Kier alpha value is -2.66. The molecule has 0 fully saturated rings. The van der Waals surface area contributed by atoms with Crippen molar-refractivity contribution in [2.45, 2.75) is 0 Å². The number of carbonyl (C=O) groups is 1. The fourth-order valence-electron chi connectivity index (χ4n) is 1.88. The SMILES string of the molecule is O=C(Nc1cccc(-n2cccn2)c1)c1cccc(Cl)n1. The number of amides is 1. The fraction of sp³-hybridized carbons (Fsp3) is 0. The standard InChI is InChI=1S/C15H11ClN4O/c16-14-7-2-6-13(19-14)15(21)18-11-4-1-5-12(10-11)20-9-3-8-17-20/h1-10H,(H,18,21). The summed E-state index contributed by atoms with van der Waals surface area (Å²) in [4.78, 5) is 16.1. The van der Waals surface area contributed by atoms with Crippen LogP contribution in [0.3, 0.4) is 0 Å². The van der Waals surface area contributed by atoms with Crippen molar-refractivity contribution in [2.75, 3.05) is 5.32 Å². The van der Waals surface area contributed by atoms with E-state index < -0.39 is 0 Å². The summed E-state index contributed by atoms with van der Waals surface area (Å²) in [6.45, 7) is 0. The Kier molecular flexibility index (Phi) is 3.66. The quantitative estimate of drug-likeness (QED) is 0.756. The highest BCUT2D eigenvalue weighted by Gasteiger charge is 2.08. The number of hydrogen-bond acceptors (Lipinski definition) is 3. The van der Waals surface area contributed by atoms with Gasteiger partial charge in [-0.3, -0.25) is 4.79 Å². The maximum absolute atomic E-state index is 12.1. The molecular formula is C15H11ClN4O.